The van der Waals surface area contributed by atoms with Crippen molar-refractivity contribution in [2.75, 3.05) is 6.61 Å². The van der Waals surface area contributed by atoms with E-state index in [2.05, 4.69) is 10.3 Å². The Labute approximate surface area is 225 Å². The van der Waals surface area contributed by atoms with Crippen LogP contribution in [0.4, 0.5) is 18.9 Å². The molecule has 0 aromatic heterocycles. The van der Waals surface area contributed by atoms with Crippen molar-refractivity contribution >= 4 is 57.8 Å². The Morgan fingerprint density at radius 2 is 1.76 bits per heavy atom. The number of benzene rings is 3. The van der Waals surface area contributed by atoms with Gasteiger partial charge in [-0.15, -0.1) is 0 Å². The zero-order valence-electron chi connectivity index (χ0n) is 19.2. The van der Waals surface area contributed by atoms with Gasteiger partial charge in [0.05, 0.1) is 27.8 Å². The molecule has 5 nitrogen and oxygen atoms in total. The van der Waals surface area contributed by atoms with Crippen molar-refractivity contribution in [3.05, 3.63) is 92.3 Å². The molecule has 0 aliphatic carbocycles. The lowest BCUT2D eigenvalue weighted by atomic mass is 10.2. The van der Waals surface area contributed by atoms with Gasteiger partial charge in [0.25, 0.3) is 5.91 Å². The van der Waals surface area contributed by atoms with Crippen LogP contribution in [-0.4, -0.2) is 17.7 Å². The molecule has 1 heterocycles. The van der Waals surface area contributed by atoms with Gasteiger partial charge in [0.15, 0.2) is 16.7 Å². The van der Waals surface area contributed by atoms with Crippen molar-refractivity contribution in [3.63, 3.8) is 0 Å². The van der Waals surface area contributed by atoms with E-state index in [9.17, 15) is 18.0 Å². The van der Waals surface area contributed by atoms with E-state index >= 15 is 0 Å². The third-order valence-corrected chi connectivity index (χ3v) is 6.50. The first-order chi connectivity index (χ1) is 17.6. The molecule has 1 aliphatic rings. The second-order valence-electron chi connectivity index (χ2n) is 7.70. The van der Waals surface area contributed by atoms with Crippen molar-refractivity contribution in [3.8, 4) is 11.5 Å². The number of amides is 1. The highest BCUT2D eigenvalue weighted by molar-refractivity contribution is 8.18. The summed E-state index contributed by atoms with van der Waals surface area (Å²) in [4.78, 5) is 16.9. The van der Waals surface area contributed by atoms with E-state index < -0.39 is 22.7 Å². The summed E-state index contributed by atoms with van der Waals surface area (Å²) < 4.78 is 51.0. The second-order valence-corrected chi connectivity index (χ2v) is 9.57. The number of amidine groups is 1. The molecule has 0 atom stereocenters. The molecule has 4 rings (SSSR count). The van der Waals surface area contributed by atoms with Crippen LogP contribution in [0.1, 0.15) is 23.6 Å². The topological polar surface area (TPSA) is 59.9 Å². The van der Waals surface area contributed by atoms with Crippen molar-refractivity contribution in [2.45, 2.75) is 19.7 Å². The van der Waals surface area contributed by atoms with Gasteiger partial charge in [-0.2, -0.15) is 13.2 Å². The fourth-order valence-electron chi connectivity index (χ4n) is 3.29. The molecule has 3 aromatic rings. The summed E-state index contributed by atoms with van der Waals surface area (Å²) >= 11 is 12.6. The number of thioether (sulfide) groups is 1. The molecule has 0 saturated carbocycles. The summed E-state index contributed by atoms with van der Waals surface area (Å²) in [5.41, 5.74) is 0.628. The molecule has 1 amide bonds. The summed E-state index contributed by atoms with van der Waals surface area (Å²) in [6, 6.07) is 15.8. The number of carbonyl (C=O) groups excluding carboxylic acids is 1. The van der Waals surface area contributed by atoms with Gasteiger partial charge >= 0.3 is 6.18 Å². The highest BCUT2D eigenvalue weighted by atomic mass is 35.5. The predicted molar refractivity (Wildman–Crippen MR) is 141 cm³/mol. The minimum Gasteiger partial charge on any atom is -0.490 e. The minimum atomic E-state index is -4.62. The third-order valence-electron chi connectivity index (χ3n) is 5.01. The number of alkyl halides is 3. The zero-order valence-corrected chi connectivity index (χ0v) is 21.6. The number of carbonyl (C=O) groups is 1. The summed E-state index contributed by atoms with van der Waals surface area (Å²) in [7, 11) is 0. The second kappa shape index (κ2) is 11.5. The van der Waals surface area contributed by atoms with E-state index in [1.165, 1.54) is 6.07 Å². The molecule has 0 unspecified atom stereocenters. The van der Waals surface area contributed by atoms with Crippen LogP contribution in [0.2, 0.25) is 10.0 Å². The van der Waals surface area contributed by atoms with Crippen LogP contribution in [0.5, 0.6) is 11.5 Å². The van der Waals surface area contributed by atoms with Gasteiger partial charge in [0.2, 0.25) is 0 Å². The largest absolute Gasteiger partial charge is 0.490 e. The molecule has 1 saturated heterocycles. The molecular weight excluding hydrogens is 548 g/mol. The van der Waals surface area contributed by atoms with Crippen molar-refractivity contribution in [1.82, 2.24) is 5.32 Å². The van der Waals surface area contributed by atoms with Crippen molar-refractivity contribution in [1.29, 1.82) is 0 Å². The Bertz CT molecular complexity index is 1380. The van der Waals surface area contributed by atoms with Gasteiger partial charge in [-0.05, 0) is 78.4 Å². The van der Waals surface area contributed by atoms with Gasteiger partial charge in [-0.1, -0.05) is 41.4 Å². The van der Waals surface area contributed by atoms with E-state index in [1.54, 1.807) is 36.4 Å². The van der Waals surface area contributed by atoms with Gasteiger partial charge in [-0.25, -0.2) is 4.99 Å². The van der Waals surface area contributed by atoms with Gasteiger partial charge in [-0.3, -0.25) is 4.79 Å². The van der Waals surface area contributed by atoms with Crippen molar-refractivity contribution < 1.29 is 27.4 Å². The SMILES string of the molecule is CCOc1cc(/C=C2\SC(=Nc3ccc(Cl)c(C(F)(F)F)c3)NC2=O)ccc1OCc1ccc(Cl)cc1. The number of hydrogen-bond acceptors (Lipinski definition) is 5. The molecule has 1 aliphatic heterocycles. The maximum atomic E-state index is 13.1. The van der Waals surface area contributed by atoms with Crippen LogP contribution >= 0.6 is 35.0 Å². The molecule has 0 radical (unpaired) electrons. The zero-order chi connectivity index (χ0) is 26.6. The van der Waals surface area contributed by atoms with Crippen LogP contribution in [0.3, 0.4) is 0 Å². The van der Waals surface area contributed by atoms with E-state index in [-0.39, 0.29) is 10.9 Å². The monoisotopic (exact) mass is 566 g/mol. The molecule has 192 valence electrons. The number of nitrogens with zero attached hydrogens (tertiary/aromatic N) is 1. The number of ether oxygens (including phenoxy) is 2. The Morgan fingerprint density at radius 3 is 2.46 bits per heavy atom. The fourth-order valence-corrected chi connectivity index (χ4v) is 4.49. The molecule has 0 bridgehead atoms. The first-order valence-corrected chi connectivity index (χ1v) is 12.5. The lowest BCUT2D eigenvalue weighted by Crippen LogP contribution is -2.19. The van der Waals surface area contributed by atoms with E-state index in [4.69, 9.17) is 32.7 Å². The first-order valence-electron chi connectivity index (χ1n) is 10.9. The Balaban J connectivity index is 1.52. The average molecular weight is 567 g/mol. The van der Waals surface area contributed by atoms with E-state index in [1.807, 2.05) is 19.1 Å². The smallest absolute Gasteiger partial charge is 0.417 e. The lowest BCUT2D eigenvalue weighted by molar-refractivity contribution is -0.137. The molecule has 1 N–H and O–H groups in total. The normalized spacial score (nSPS) is 15.8. The third kappa shape index (κ3) is 7.00. The van der Waals surface area contributed by atoms with Crippen LogP contribution in [-0.2, 0) is 17.6 Å². The molecule has 1 fully saturated rings. The van der Waals surface area contributed by atoms with Gasteiger partial charge < -0.3 is 14.8 Å². The number of halogens is 5. The van der Waals surface area contributed by atoms with Crippen molar-refractivity contribution in [2.24, 2.45) is 4.99 Å². The van der Waals surface area contributed by atoms with Gasteiger partial charge in [0.1, 0.15) is 6.61 Å². The maximum Gasteiger partial charge on any atom is 0.417 e. The molecule has 11 heteroatoms. The Morgan fingerprint density at radius 1 is 1.00 bits per heavy atom. The summed E-state index contributed by atoms with van der Waals surface area (Å²) in [6.45, 7) is 2.57. The number of nitrogens with one attached hydrogen (secondary N) is 1. The molecule has 3 aromatic carbocycles. The minimum absolute atomic E-state index is 0.0154. The maximum absolute atomic E-state index is 13.1. The highest BCUT2D eigenvalue weighted by Crippen LogP contribution is 2.38. The van der Waals surface area contributed by atoms with Crippen LogP contribution < -0.4 is 14.8 Å². The molecular formula is C26H19Cl2F3N2O3S. The Kier molecular flexibility index (Phi) is 8.36. The van der Waals surface area contributed by atoms with Crippen LogP contribution in [0, 0.1) is 0 Å². The van der Waals surface area contributed by atoms with E-state index in [0.29, 0.717) is 40.2 Å². The summed E-state index contributed by atoms with van der Waals surface area (Å²) in [6.07, 6.45) is -2.98. The number of rotatable bonds is 7. The molecule has 37 heavy (non-hydrogen) atoms. The Hall–Kier alpha value is -3.14. The van der Waals surface area contributed by atoms with E-state index in [0.717, 1.165) is 29.5 Å². The number of hydrogen-bond donors (Lipinski definition) is 1. The summed E-state index contributed by atoms with van der Waals surface area (Å²) in [5, 5.41) is 2.93. The lowest BCUT2D eigenvalue weighted by Gasteiger charge is -2.13. The molecule has 0 spiro atoms. The van der Waals surface area contributed by atoms with Crippen LogP contribution in [0.15, 0.2) is 70.6 Å². The first kappa shape index (κ1) is 26.9. The summed E-state index contributed by atoms with van der Waals surface area (Å²) in [5.74, 6) is 0.617. The standard InChI is InChI=1S/C26H19Cl2F3N2O3S/c1-2-35-22-11-16(5-10-21(22)36-14-15-3-6-17(27)7-4-15)12-23-24(34)33-25(37-23)32-18-8-9-20(28)19(13-18)26(29,30)31/h3-13H,2,14H2,1H3,(H,32,33,34)/b23-12-. The van der Waals surface area contributed by atoms with Gasteiger partial charge in [0, 0.05) is 5.02 Å². The average Bonchev–Trinajstić information content (AvgIpc) is 3.18. The quantitative estimate of drug-likeness (QED) is 0.295. The highest BCUT2D eigenvalue weighted by Gasteiger charge is 2.33. The predicted octanol–water partition coefficient (Wildman–Crippen LogP) is 7.88. The van der Waals surface area contributed by atoms with Crippen LogP contribution in [0.25, 0.3) is 6.08 Å². The number of aliphatic imine (C=N–C) groups is 1. The fraction of sp³-hybridized carbons (Fsp3) is 0.154.